The largest absolute Gasteiger partial charge is 0.481 e. The molecule has 1 aromatic rings. The zero-order valence-corrected chi connectivity index (χ0v) is 9.80. The van der Waals surface area contributed by atoms with Crippen LogP contribution in [0.3, 0.4) is 0 Å². The molecular formula is C11H10BrFO2. The molecule has 0 amide bonds. The van der Waals surface area contributed by atoms with Crippen molar-refractivity contribution >= 4 is 21.7 Å². The molecule has 0 N–H and O–H groups in total. The predicted molar refractivity (Wildman–Crippen MR) is 57.8 cm³/mol. The van der Waals surface area contributed by atoms with Gasteiger partial charge in [0, 0.05) is 0 Å². The average molecular weight is 273 g/mol. The van der Waals surface area contributed by atoms with Crippen LogP contribution in [0, 0.1) is 5.82 Å². The van der Waals surface area contributed by atoms with Gasteiger partial charge in [0.1, 0.15) is 11.6 Å². The highest BCUT2D eigenvalue weighted by Crippen LogP contribution is 2.34. The Balaban J connectivity index is 2.37. The molecule has 1 atom stereocenters. The van der Waals surface area contributed by atoms with Gasteiger partial charge < -0.3 is 4.74 Å². The highest BCUT2D eigenvalue weighted by Gasteiger charge is 2.32. The maximum atomic E-state index is 13.2. The van der Waals surface area contributed by atoms with Crippen molar-refractivity contribution in [2.75, 3.05) is 0 Å². The number of ether oxygens (including phenoxy) is 1. The number of carbonyl (C=O) groups excluding carboxylic acids is 1. The standard InChI is InChI=1S/C11H10BrFO2/c1-2-3-9-11(14)6-4-8(13)7(12)5-10(6)15-9/h4-5,9H,2-3H2,1H3. The normalized spacial score (nSPS) is 18.9. The summed E-state index contributed by atoms with van der Waals surface area (Å²) in [6, 6.07) is 2.75. The number of hydrogen-bond donors (Lipinski definition) is 0. The summed E-state index contributed by atoms with van der Waals surface area (Å²) < 4.78 is 19.0. The van der Waals surface area contributed by atoms with Crippen LogP contribution in [0.1, 0.15) is 30.1 Å². The molecule has 0 spiro atoms. The molecule has 1 heterocycles. The van der Waals surface area contributed by atoms with Crippen molar-refractivity contribution in [1.82, 2.24) is 0 Å². The summed E-state index contributed by atoms with van der Waals surface area (Å²) in [6.07, 6.45) is 1.11. The van der Waals surface area contributed by atoms with Gasteiger partial charge in [-0.15, -0.1) is 0 Å². The highest BCUT2D eigenvalue weighted by atomic mass is 79.9. The Kier molecular flexibility index (Phi) is 2.78. The third-order valence-electron chi connectivity index (χ3n) is 2.40. The molecule has 80 valence electrons. The first-order valence-corrected chi connectivity index (χ1v) is 5.62. The van der Waals surface area contributed by atoms with Crippen LogP contribution in [0.15, 0.2) is 16.6 Å². The molecule has 0 radical (unpaired) electrons. The van der Waals surface area contributed by atoms with E-state index in [0.717, 1.165) is 6.42 Å². The zero-order chi connectivity index (χ0) is 11.0. The van der Waals surface area contributed by atoms with E-state index in [-0.39, 0.29) is 5.78 Å². The fourth-order valence-electron chi connectivity index (χ4n) is 1.65. The summed E-state index contributed by atoms with van der Waals surface area (Å²) in [6.45, 7) is 1.98. The lowest BCUT2D eigenvalue weighted by Gasteiger charge is -2.06. The molecule has 0 saturated carbocycles. The van der Waals surface area contributed by atoms with Gasteiger partial charge in [-0.2, -0.15) is 0 Å². The van der Waals surface area contributed by atoms with Gasteiger partial charge in [-0.25, -0.2) is 4.39 Å². The van der Waals surface area contributed by atoms with Gasteiger partial charge in [-0.05, 0) is 34.5 Å². The minimum atomic E-state index is -0.432. The average Bonchev–Trinajstić information content (AvgIpc) is 2.47. The molecule has 0 aliphatic carbocycles. The predicted octanol–water partition coefficient (Wildman–Crippen LogP) is 3.33. The van der Waals surface area contributed by atoms with Crippen LogP contribution < -0.4 is 4.74 Å². The van der Waals surface area contributed by atoms with Gasteiger partial charge in [0.15, 0.2) is 6.10 Å². The first-order chi connectivity index (χ1) is 7.13. The van der Waals surface area contributed by atoms with Crippen molar-refractivity contribution in [3.8, 4) is 5.75 Å². The monoisotopic (exact) mass is 272 g/mol. The lowest BCUT2D eigenvalue weighted by molar-refractivity contribution is 0.0845. The van der Waals surface area contributed by atoms with Gasteiger partial charge in [0.25, 0.3) is 0 Å². The van der Waals surface area contributed by atoms with E-state index < -0.39 is 11.9 Å². The summed E-state index contributed by atoms with van der Waals surface area (Å²) >= 11 is 3.06. The molecule has 15 heavy (non-hydrogen) atoms. The molecule has 2 nitrogen and oxygen atoms in total. The second-order valence-electron chi connectivity index (χ2n) is 3.52. The molecule has 0 fully saturated rings. The summed E-state index contributed by atoms with van der Waals surface area (Å²) in [5.74, 6) is -0.0622. The molecule has 2 rings (SSSR count). The quantitative estimate of drug-likeness (QED) is 0.826. The summed E-state index contributed by atoms with van der Waals surface area (Å²) in [7, 11) is 0. The van der Waals surface area contributed by atoms with Gasteiger partial charge in [-0.3, -0.25) is 4.79 Å². The first-order valence-electron chi connectivity index (χ1n) is 4.83. The summed E-state index contributed by atoms with van der Waals surface area (Å²) in [5, 5.41) is 0. The van der Waals surface area contributed by atoms with Crippen LogP contribution in [0.4, 0.5) is 4.39 Å². The lowest BCUT2D eigenvalue weighted by atomic mass is 10.1. The smallest absolute Gasteiger partial charge is 0.207 e. The van der Waals surface area contributed by atoms with E-state index in [2.05, 4.69) is 15.9 Å². The van der Waals surface area contributed by atoms with Gasteiger partial charge >= 0.3 is 0 Å². The van der Waals surface area contributed by atoms with Crippen LogP contribution in [0.2, 0.25) is 0 Å². The minimum Gasteiger partial charge on any atom is -0.481 e. The Hall–Kier alpha value is -0.900. The van der Waals surface area contributed by atoms with Crippen molar-refractivity contribution in [3.63, 3.8) is 0 Å². The van der Waals surface area contributed by atoms with Gasteiger partial charge in [0.2, 0.25) is 5.78 Å². The van der Waals surface area contributed by atoms with E-state index in [1.807, 2.05) is 6.92 Å². The van der Waals surface area contributed by atoms with Crippen molar-refractivity contribution in [2.45, 2.75) is 25.9 Å². The number of Topliss-reactive ketones (excluding diaryl/α,β-unsaturated/α-hetero) is 1. The molecular weight excluding hydrogens is 263 g/mol. The number of benzene rings is 1. The number of rotatable bonds is 2. The Morgan fingerprint density at radius 3 is 2.93 bits per heavy atom. The van der Waals surface area contributed by atoms with Crippen molar-refractivity contribution in [3.05, 3.63) is 28.0 Å². The second-order valence-corrected chi connectivity index (χ2v) is 4.38. The van der Waals surface area contributed by atoms with E-state index in [9.17, 15) is 9.18 Å². The second kappa shape index (κ2) is 3.93. The third-order valence-corrected chi connectivity index (χ3v) is 3.01. The van der Waals surface area contributed by atoms with E-state index in [1.54, 1.807) is 0 Å². The molecule has 0 bridgehead atoms. The maximum absolute atomic E-state index is 13.2. The van der Waals surface area contributed by atoms with E-state index in [0.29, 0.717) is 22.2 Å². The number of hydrogen-bond acceptors (Lipinski definition) is 2. The first kappa shape index (κ1) is 10.6. The van der Waals surface area contributed by atoms with Gasteiger partial charge in [-0.1, -0.05) is 13.3 Å². The molecule has 1 aliphatic rings. The third kappa shape index (κ3) is 1.78. The molecule has 0 aromatic heterocycles. The van der Waals surface area contributed by atoms with Crippen LogP contribution in [-0.4, -0.2) is 11.9 Å². The molecule has 1 unspecified atom stereocenters. The SMILES string of the molecule is CCCC1Oc2cc(Br)c(F)cc2C1=O. The van der Waals surface area contributed by atoms with Crippen molar-refractivity contribution in [1.29, 1.82) is 0 Å². The van der Waals surface area contributed by atoms with Crippen LogP contribution >= 0.6 is 15.9 Å². The number of ketones is 1. The Morgan fingerprint density at radius 2 is 2.27 bits per heavy atom. The van der Waals surface area contributed by atoms with E-state index in [1.165, 1.54) is 12.1 Å². The van der Waals surface area contributed by atoms with Crippen LogP contribution in [-0.2, 0) is 0 Å². The zero-order valence-electron chi connectivity index (χ0n) is 8.22. The number of carbonyl (C=O) groups is 1. The topological polar surface area (TPSA) is 26.3 Å². The van der Waals surface area contributed by atoms with Crippen LogP contribution in [0.5, 0.6) is 5.75 Å². The fraction of sp³-hybridized carbons (Fsp3) is 0.364. The van der Waals surface area contributed by atoms with Crippen molar-refractivity contribution in [2.24, 2.45) is 0 Å². The Bertz CT molecular complexity index is 417. The molecule has 0 saturated heterocycles. The summed E-state index contributed by atoms with van der Waals surface area (Å²) in [5.41, 5.74) is 0.356. The molecule has 1 aliphatic heterocycles. The molecule has 4 heteroatoms. The number of fused-ring (bicyclic) bond motifs is 1. The number of halogens is 2. The van der Waals surface area contributed by atoms with Crippen LogP contribution in [0.25, 0.3) is 0 Å². The van der Waals surface area contributed by atoms with E-state index in [4.69, 9.17) is 4.74 Å². The summed E-state index contributed by atoms with van der Waals surface area (Å²) in [4.78, 5) is 11.7. The lowest BCUT2D eigenvalue weighted by Crippen LogP contribution is -2.19. The minimum absolute atomic E-state index is 0.113. The molecule has 1 aromatic carbocycles. The highest BCUT2D eigenvalue weighted by molar-refractivity contribution is 9.10. The Morgan fingerprint density at radius 1 is 1.53 bits per heavy atom. The van der Waals surface area contributed by atoms with E-state index >= 15 is 0 Å². The Labute approximate surface area is 95.6 Å². The maximum Gasteiger partial charge on any atom is 0.207 e. The van der Waals surface area contributed by atoms with Crippen molar-refractivity contribution < 1.29 is 13.9 Å². The fourth-order valence-corrected chi connectivity index (χ4v) is 1.97. The van der Waals surface area contributed by atoms with Gasteiger partial charge in [0.05, 0.1) is 10.0 Å².